The standard InChI is InChI=1S/C14H20FN3S/c1-2-17-7-9-18(10-8-17)14(19)16-11-12-3-5-13(15)6-4-12/h3-6H,2,7-11H2,1H3,(H,16,19). The molecule has 1 aliphatic heterocycles. The second-order valence-corrected chi connectivity index (χ2v) is 5.09. The average Bonchev–Trinajstić information content (AvgIpc) is 2.46. The van der Waals surface area contributed by atoms with Crippen molar-refractivity contribution in [2.75, 3.05) is 32.7 Å². The Morgan fingerprint density at radius 1 is 1.21 bits per heavy atom. The number of halogens is 1. The van der Waals surface area contributed by atoms with Gasteiger partial charge in [-0.1, -0.05) is 19.1 Å². The molecule has 1 heterocycles. The monoisotopic (exact) mass is 281 g/mol. The Bertz CT molecular complexity index is 413. The van der Waals surface area contributed by atoms with Crippen molar-refractivity contribution in [2.24, 2.45) is 0 Å². The summed E-state index contributed by atoms with van der Waals surface area (Å²) in [7, 11) is 0. The van der Waals surface area contributed by atoms with Crippen molar-refractivity contribution in [2.45, 2.75) is 13.5 Å². The smallest absolute Gasteiger partial charge is 0.169 e. The minimum atomic E-state index is -0.206. The molecule has 1 aromatic rings. The molecule has 0 bridgehead atoms. The van der Waals surface area contributed by atoms with Gasteiger partial charge in [0, 0.05) is 32.7 Å². The number of hydrogen-bond acceptors (Lipinski definition) is 2. The van der Waals surface area contributed by atoms with E-state index in [1.54, 1.807) is 12.1 Å². The van der Waals surface area contributed by atoms with Crippen molar-refractivity contribution in [1.29, 1.82) is 0 Å². The number of piperazine rings is 1. The van der Waals surface area contributed by atoms with Crippen LogP contribution in [0.1, 0.15) is 12.5 Å². The lowest BCUT2D eigenvalue weighted by Crippen LogP contribution is -2.51. The summed E-state index contributed by atoms with van der Waals surface area (Å²) >= 11 is 5.40. The van der Waals surface area contributed by atoms with E-state index in [2.05, 4.69) is 22.0 Å². The molecule has 0 saturated carbocycles. The van der Waals surface area contributed by atoms with Crippen LogP contribution >= 0.6 is 12.2 Å². The van der Waals surface area contributed by atoms with Gasteiger partial charge >= 0.3 is 0 Å². The summed E-state index contributed by atoms with van der Waals surface area (Å²) in [5.74, 6) is -0.206. The van der Waals surface area contributed by atoms with Crippen molar-refractivity contribution in [1.82, 2.24) is 15.1 Å². The van der Waals surface area contributed by atoms with Crippen LogP contribution in [0.15, 0.2) is 24.3 Å². The maximum atomic E-state index is 12.8. The maximum Gasteiger partial charge on any atom is 0.169 e. The number of nitrogens with zero attached hydrogens (tertiary/aromatic N) is 2. The highest BCUT2D eigenvalue weighted by Crippen LogP contribution is 2.04. The molecule has 19 heavy (non-hydrogen) atoms. The molecule has 1 N–H and O–H groups in total. The van der Waals surface area contributed by atoms with E-state index in [0.717, 1.165) is 43.4 Å². The van der Waals surface area contributed by atoms with Gasteiger partial charge in [-0.15, -0.1) is 0 Å². The van der Waals surface area contributed by atoms with E-state index in [4.69, 9.17) is 12.2 Å². The Morgan fingerprint density at radius 3 is 2.42 bits per heavy atom. The molecule has 1 saturated heterocycles. The van der Waals surface area contributed by atoms with Crippen molar-refractivity contribution in [3.05, 3.63) is 35.6 Å². The topological polar surface area (TPSA) is 18.5 Å². The molecule has 5 heteroatoms. The Hall–Kier alpha value is -1.20. The van der Waals surface area contributed by atoms with Gasteiger partial charge in [-0.25, -0.2) is 4.39 Å². The number of likely N-dealkylation sites (N-methyl/N-ethyl adjacent to an activating group) is 1. The first-order valence-electron chi connectivity index (χ1n) is 6.68. The number of rotatable bonds is 3. The number of hydrogen-bond donors (Lipinski definition) is 1. The van der Waals surface area contributed by atoms with Gasteiger partial charge in [0.15, 0.2) is 5.11 Å². The van der Waals surface area contributed by atoms with Gasteiger partial charge in [-0.3, -0.25) is 0 Å². The van der Waals surface area contributed by atoms with Crippen LogP contribution in [-0.2, 0) is 6.54 Å². The Balaban J connectivity index is 1.77. The molecule has 3 nitrogen and oxygen atoms in total. The molecule has 0 spiro atoms. The number of thiocarbonyl (C=S) groups is 1. The third-order valence-electron chi connectivity index (χ3n) is 3.46. The van der Waals surface area contributed by atoms with Crippen molar-refractivity contribution in [3.63, 3.8) is 0 Å². The third-order valence-corrected chi connectivity index (χ3v) is 3.87. The van der Waals surface area contributed by atoms with Crippen LogP contribution in [0.3, 0.4) is 0 Å². The molecule has 0 radical (unpaired) electrons. The molecular weight excluding hydrogens is 261 g/mol. The van der Waals surface area contributed by atoms with E-state index in [1.165, 1.54) is 12.1 Å². The minimum Gasteiger partial charge on any atom is -0.358 e. The quantitative estimate of drug-likeness (QED) is 0.852. The highest BCUT2D eigenvalue weighted by atomic mass is 32.1. The molecule has 104 valence electrons. The van der Waals surface area contributed by atoms with Crippen molar-refractivity contribution in [3.8, 4) is 0 Å². The fourth-order valence-electron chi connectivity index (χ4n) is 2.16. The fraction of sp³-hybridized carbons (Fsp3) is 0.500. The first-order chi connectivity index (χ1) is 9.19. The summed E-state index contributed by atoms with van der Waals surface area (Å²) in [6.07, 6.45) is 0. The van der Waals surface area contributed by atoms with Gasteiger partial charge in [0.2, 0.25) is 0 Å². The highest BCUT2D eigenvalue weighted by molar-refractivity contribution is 7.80. The molecular formula is C14H20FN3S. The summed E-state index contributed by atoms with van der Waals surface area (Å²) in [5, 5.41) is 4.03. The van der Waals surface area contributed by atoms with Crippen molar-refractivity contribution >= 4 is 17.3 Å². The van der Waals surface area contributed by atoms with Gasteiger partial charge in [-0.05, 0) is 36.5 Å². The lowest BCUT2D eigenvalue weighted by Gasteiger charge is -2.35. The predicted octanol–water partition coefficient (Wildman–Crippen LogP) is 1.84. The second-order valence-electron chi connectivity index (χ2n) is 4.71. The summed E-state index contributed by atoms with van der Waals surface area (Å²) in [6.45, 7) is 8.01. The first kappa shape index (κ1) is 14.2. The second kappa shape index (κ2) is 6.82. The van der Waals surface area contributed by atoms with Crippen LogP contribution in [0.5, 0.6) is 0 Å². The average molecular weight is 281 g/mol. The largest absolute Gasteiger partial charge is 0.358 e. The van der Waals surface area contributed by atoms with E-state index in [0.29, 0.717) is 6.54 Å². The van der Waals surface area contributed by atoms with Gasteiger partial charge in [0.1, 0.15) is 5.82 Å². The summed E-state index contributed by atoms with van der Waals surface area (Å²) in [6, 6.07) is 6.50. The van der Waals surface area contributed by atoms with Gasteiger partial charge in [0.05, 0.1) is 0 Å². The molecule has 0 amide bonds. The zero-order chi connectivity index (χ0) is 13.7. The van der Waals surface area contributed by atoms with Gasteiger partial charge in [-0.2, -0.15) is 0 Å². The van der Waals surface area contributed by atoms with Gasteiger partial charge < -0.3 is 15.1 Å². The summed E-state index contributed by atoms with van der Waals surface area (Å²) < 4.78 is 12.8. The molecule has 0 aliphatic carbocycles. The van der Waals surface area contributed by atoms with Crippen LogP contribution in [0.4, 0.5) is 4.39 Å². The van der Waals surface area contributed by atoms with E-state index in [9.17, 15) is 4.39 Å². The lowest BCUT2D eigenvalue weighted by atomic mass is 10.2. The number of nitrogens with one attached hydrogen (secondary N) is 1. The van der Waals surface area contributed by atoms with Crippen LogP contribution < -0.4 is 5.32 Å². The summed E-state index contributed by atoms with van der Waals surface area (Å²) in [5.41, 5.74) is 1.04. The Labute approximate surface area is 119 Å². The zero-order valence-corrected chi connectivity index (χ0v) is 12.0. The van der Waals surface area contributed by atoms with E-state index in [1.807, 2.05) is 0 Å². The SMILES string of the molecule is CCN1CCN(C(=S)NCc2ccc(F)cc2)CC1. The Morgan fingerprint density at radius 2 is 1.84 bits per heavy atom. The minimum absolute atomic E-state index is 0.206. The Kier molecular flexibility index (Phi) is 5.10. The summed E-state index contributed by atoms with van der Waals surface area (Å²) in [4.78, 5) is 4.62. The van der Waals surface area contributed by atoms with Crippen molar-refractivity contribution < 1.29 is 4.39 Å². The first-order valence-corrected chi connectivity index (χ1v) is 7.09. The molecule has 0 unspecified atom stereocenters. The van der Waals surface area contributed by atoms with Crippen LogP contribution in [0, 0.1) is 5.82 Å². The highest BCUT2D eigenvalue weighted by Gasteiger charge is 2.17. The van der Waals surface area contributed by atoms with Crippen LogP contribution in [0.2, 0.25) is 0 Å². The van der Waals surface area contributed by atoms with E-state index < -0.39 is 0 Å². The van der Waals surface area contributed by atoms with E-state index in [-0.39, 0.29) is 5.82 Å². The van der Waals surface area contributed by atoms with Crippen LogP contribution in [0.25, 0.3) is 0 Å². The molecule has 1 aromatic carbocycles. The molecule has 0 atom stereocenters. The molecule has 1 fully saturated rings. The molecule has 2 rings (SSSR count). The van der Waals surface area contributed by atoms with Gasteiger partial charge in [0.25, 0.3) is 0 Å². The molecule has 1 aliphatic rings. The van der Waals surface area contributed by atoms with E-state index >= 15 is 0 Å². The number of benzene rings is 1. The third kappa shape index (κ3) is 4.14. The molecule has 0 aromatic heterocycles. The predicted molar refractivity (Wildman–Crippen MR) is 79.5 cm³/mol. The fourth-order valence-corrected chi connectivity index (χ4v) is 2.41. The normalized spacial score (nSPS) is 16.4. The maximum absolute atomic E-state index is 12.8. The van der Waals surface area contributed by atoms with Crippen LogP contribution in [-0.4, -0.2) is 47.6 Å². The zero-order valence-electron chi connectivity index (χ0n) is 11.2. The lowest BCUT2D eigenvalue weighted by molar-refractivity contribution is 0.189.